The monoisotopic (exact) mass is 574 g/mol. The lowest BCUT2D eigenvalue weighted by atomic mass is 9.97. The minimum Gasteiger partial charge on any atom is -0.452 e. The van der Waals surface area contributed by atoms with Gasteiger partial charge in [-0.05, 0) is 82.6 Å². The average molecular weight is 575 g/mol. The number of nitrogens with zero attached hydrogens (tertiary/aromatic N) is 1. The maximum absolute atomic E-state index is 14.5. The summed E-state index contributed by atoms with van der Waals surface area (Å²) in [5, 5.41) is 12.6. The van der Waals surface area contributed by atoms with Crippen LogP contribution in [0, 0.1) is 18.6 Å². The third-order valence-electron chi connectivity index (χ3n) is 6.62. The quantitative estimate of drug-likeness (QED) is 0.252. The Morgan fingerprint density at radius 2 is 1.59 bits per heavy atom. The summed E-state index contributed by atoms with van der Waals surface area (Å²) in [5.74, 6) is -2.98. The van der Waals surface area contributed by atoms with Gasteiger partial charge in [-0.15, -0.1) is 0 Å². The summed E-state index contributed by atoms with van der Waals surface area (Å²) in [6, 6.07) is 11.3. The van der Waals surface area contributed by atoms with Crippen LogP contribution in [0.2, 0.25) is 0 Å². The molecule has 0 saturated carbocycles. The first-order valence-electron chi connectivity index (χ1n) is 12.4. The van der Waals surface area contributed by atoms with Gasteiger partial charge in [-0.3, -0.25) is 9.59 Å². The van der Waals surface area contributed by atoms with Crippen LogP contribution in [0.25, 0.3) is 16.6 Å². The van der Waals surface area contributed by atoms with Gasteiger partial charge in [-0.25, -0.2) is 8.78 Å². The molecule has 0 bridgehead atoms. The molecule has 3 aromatic carbocycles. The molecule has 0 aliphatic carbocycles. The van der Waals surface area contributed by atoms with Crippen molar-refractivity contribution in [3.05, 3.63) is 99.3 Å². The van der Waals surface area contributed by atoms with E-state index >= 15 is 0 Å². The molecule has 0 radical (unpaired) electrons. The normalized spacial score (nSPS) is 12.5. The van der Waals surface area contributed by atoms with Crippen molar-refractivity contribution < 1.29 is 36.6 Å². The highest BCUT2D eigenvalue weighted by Crippen LogP contribution is 2.35. The van der Waals surface area contributed by atoms with Crippen molar-refractivity contribution in [2.75, 3.05) is 0 Å². The molecule has 4 rings (SSSR count). The van der Waals surface area contributed by atoms with Crippen molar-refractivity contribution in [2.45, 2.75) is 51.9 Å². The van der Waals surface area contributed by atoms with Crippen molar-refractivity contribution in [1.82, 2.24) is 9.88 Å². The van der Waals surface area contributed by atoms with Crippen LogP contribution in [0.15, 0.2) is 65.6 Å². The number of aromatic nitrogens is 1. The largest absolute Gasteiger partial charge is 0.452 e. The van der Waals surface area contributed by atoms with Crippen LogP contribution >= 0.6 is 0 Å². The second-order valence-corrected chi connectivity index (χ2v) is 10.7. The van der Waals surface area contributed by atoms with Gasteiger partial charge in [0, 0.05) is 28.8 Å². The number of carbonyl (C=O) groups is 1. The molecule has 0 unspecified atom stereocenters. The van der Waals surface area contributed by atoms with Gasteiger partial charge in [-0.1, -0.05) is 6.07 Å². The van der Waals surface area contributed by atoms with Gasteiger partial charge in [0.05, 0.1) is 16.8 Å². The Balaban J connectivity index is 1.91. The molecule has 6 nitrogen and oxygen atoms in total. The van der Waals surface area contributed by atoms with E-state index in [1.165, 1.54) is 42.0 Å². The second kappa shape index (κ2) is 10.3. The molecule has 0 aliphatic heterocycles. The van der Waals surface area contributed by atoms with E-state index in [0.717, 1.165) is 26.0 Å². The minimum absolute atomic E-state index is 0.0232. The Kier molecular flexibility index (Phi) is 7.47. The highest BCUT2D eigenvalue weighted by Gasteiger charge is 2.48. The summed E-state index contributed by atoms with van der Waals surface area (Å²) < 4.78 is 75.3. The Morgan fingerprint density at radius 3 is 2.20 bits per heavy atom. The molecule has 0 atom stereocenters. The fourth-order valence-electron chi connectivity index (χ4n) is 4.08. The molecule has 41 heavy (non-hydrogen) atoms. The number of aryl methyl sites for hydroxylation is 1. The second-order valence-electron chi connectivity index (χ2n) is 10.7. The van der Waals surface area contributed by atoms with E-state index in [1.54, 1.807) is 26.0 Å². The van der Waals surface area contributed by atoms with Crippen LogP contribution < -0.4 is 15.5 Å². The zero-order chi connectivity index (χ0) is 30.5. The molecule has 1 amide bonds. The Labute approximate surface area is 232 Å². The SMILES string of the molecule is Cc1cn(-c2cc(C(C)(C)O)ccc2Oc2ccc(F)cc2F)c2ccc(C(=O)NC(C)(C)C(F)(F)F)cc2c1=O. The van der Waals surface area contributed by atoms with Crippen molar-refractivity contribution >= 4 is 16.8 Å². The predicted octanol–water partition coefficient (Wildman–Crippen LogP) is 6.67. The van der Waals surface area contributed by atoms with Crippen LogP contribution in [0.1, 0.15) is 49.2 Å². The van der Waals surface area contributed by atoms with Crippen molar-refractivity contribution in [3.8, 4) is 17.2 Å². The number of aliphatic hydroxyl groups is 1. The molecule has 2 N–H and O–H groups in total. The number of pyridine rings is 1. The fraction of sp³-hybridized carbons (Fsp3) is 0.267. The number of benzene rings is 3. The molecule has 216 valence electrons. The molecule has 1 heterocycles. The molecule has 11 heteroatoms. The maximum Gasteiger partial charge on any atom is 0.410 e. The summed E-state index contributed by atoms with van der Waals surface area (Å²) in [6.07, 6.45) is -3.23. The van der Waals surface area contributed by atoms with E-state index in [4.69, 9.17) is 4.74 Å². The van der Waals surface area contributed by atoms with Gasteiger partial charge in [0.25, 0.3) is 5.91 Å². The molecular formula is C30H27F5N2O4. The molecular weight excluding hydrogens is 547 g/mol. The number of alkyl halides is 3. The number of ether oxygens (including phenoxy) is 1. The van der Waals surface area contributed by atoms with E-state index in [-0.39, 0.29) is 39.2 Å². The number of rotatable bonds is 6. The first kappa shape index (κ1) is 29.7. The number of nitrogens with one attached hydrogen (secondary N) is 1. The molecule has 0 fully saturated rings. The van der Waals surface area contributed by atoms with Crippen LogP contribution in [0.3, 0.4) is 0 Å². The lowest BCUT2D eigenvalue weighted by molar-refractivity contribution is -0.182. The number of hydrogen-bond donors (Lipinski definition) is 2. The summed E-state index contributed by atoms with van der Waals surface area (Å²) in [7, 11) is 0. The smallest absolute Gasteiger partial charge is 0.410 e. The van der Waals surface area contributed by atoms with Crippen molar-refractivity contribution in [1.29, 1.82) is 0 Å². The third-order valence-corrected chi connectivity index (χ3v) is 6.62. The molecule has 0 saturated heterocycles. The number of halogens is 5. The highest BCUT2D eigenvalue weighted by atomic mass is 19.4. The first-order chi connectivity index (χ1) is 18.9. The first-order valence-corrected chi connectivity index (χ1v) is 12.4. The Morgan fingerprint density at radius 1 is 0.927 bits per heavy atom. The van der Waals surface area contributed by atoms with E-state index in [1.807, 2.05) is 5.32 Å². The maximum atomic E-state index is 14.5. The van der Waals surface area contributed by atoms with E-state index < -0.39 is 40.3 Å². The standard InChI is InChI=1S/C30H27F5N2O4/c1-16-15-37(22-9-6-17(12-20(22)26(16)38)27(39)36-29(4,5)30(33,34)35)23-13-18(28(2,3)40)7-10-25(23)41-24-11-8-19(31)14-21(24)32/h6-15,40H,1-5H3,(H,36,39). The van der Waals surface area contributed by atoms with E-state index in [2.05, 4.69) is 0 Å². The van der Waals surface area contributed by atoms with Crippen LogP contribution in [-0.4, -0.2) is 27.3 Å². The fourth-order valence-corrected chi connectivity index (χ4v) is 4.08. The lowest BCUT2D eigenvalue weighted by Gasteiger charge is -2.29. The number of amides is 1. The third kappa shape index (κ3) is 5.95. The summed E-state index contributed by atoms with van der Waals surface area (Å²) in [4.78, 5) is 25.9. The summed E-state index contributed by atoms with van der Waals surface area (Å²) >= 11 is 0. The van der Waals surface area contributed by atoms with Gasteiger partial charge >= 0.3 is 6.18 Å². The molecule has 4 aromatic rings. The summed E-state index contributed by atoms with van der Waals surface area (Å²) in [6.45, 7) is 6.26. The minimum atomic E-state index is -4.71. The Hall–Kier alpha value is -4.25. The van der Waals surface area contributed by atoms with Gasteiger partial charge in [-0.2, -0.15) is 13.2 Å². The topological polar surface area (TPSA) is 80.6 Å². The number of fused-ring (bicyclic) bond motifs is 1. The van der Waals surface area contributed by atoms with Crippen molar-refractivity contribution in [2.24, 2.45) is 0 Å². The number of hydrogen-bond acceptors (Lipinski definition) is 4. The van der Waals surface area contributed by atoms with Gasteiger partial charge in [0.2, 0.25) is 0 Å². The number of carbonyl (C=O) groups excluding carboxylic acids is 1. The average Bonchev–Trinajstić information content (AvgIpc) is 2.86. The van der Waals surface area contributed by atoms with E-state index in [0.29, 0.717) is 11.6 Å². The molecule has 0 aliphatic rings. The highest BCUT2D eigenvalue weighted by molar-refractivity contribution is 5.98. The van der Waals surface area contributed by atoms with Crippen LogP contribution in [0.5, 0.6) is 11.5 Å². The lowest BCUT2D eigenvalue weighted by Crippen LogP contribution is -2.54. The van der Waals surface area contributed by atoms with Gasteiger partial charge in [0.15, 0.2) is 22.7 Å². The molecule has 0 spiro atoms. The Bertz CT molecular complexity index is 1720. The van der Waals surface area contributed by atoms with Gasteiger partial charge < -0.3 is 19.7 Å². The van der Waals surface area contributed by atoms with Crippen molar-refractivity contribution in [3.63, 3.8) is 0 Å². The van der Waals surface area contributed by atoms with E-state index in [9.17, 15) is 36.6 Å². The van der Waals surface area contributed by atoms with Crippen LogP contribution in [-0.2, 0) is 5.60 Å². The van der Waals surface area contributed by atoms with Crippen LogP contribution in [0.4, 0.5) is 22.0 Å². The predicted molar refractivity (Wildman–Crippen MR) is 144 cm³/mol. The summed E-state index contributed by atoms with van der Waals surface area (Å²) in [5.41, 5.74) is -3.29. The zero-order valence-electron chi connectivity index (χ0n) is 22.8. The zero-order valence-corrected chi connectivity index (χ0v) is 22.8. The molecule has 1 aromatic heterocycles. The van der Waals surface area contributed by atoms with Gasteiger partial charge in [0.1, 0.15) is 11.4 Å².